The summed E-state index contributed by atoms with van der Waals surface area (Å²) in [6.45, 7) is 1.47. The normalized spacial score (nSPS) is 18.3. The fourth-order valence-corrected chi connectivity index (χ4v) is 2.17. The van der Waals surface area contributed by atoms with Crippen LogP contribution in [0.5, 0.6) is 5.75 Å². The Kier molecular flexibility index (Phi) is 5.21. The molecule has 1 heterocycles. The monoisotopic (exact) mass is 263 g/mol. The molecule has 1 atom stereocenters. The third kappa shape index (κ3) is 4.56. The van der Waals surface area contributed by atoms with E-state index in [1.807, 2.05) is 24.3 Å². The fourth-order valence-electron chi connectivity index (χ4n) is 2.17. The Labute approximate surface area is 114 Å². The predicted octanol–water partition coefficient (Wildman–Crippen LogP) is 1.92. The fraction of sp³-hybridized carbons (Fsp3) is 0.533. The summed E-state index contributed by atoms with van der Waals surface area (Å²) >= 11 is 0. The lowest BCUT2D eigenvalue weighted by Crippen LogP contribution is -2.31. The van der Waals surface area contributed by atoms with Crippen molar-refractivity contribution < 1.29 is 14.3 Å². The maximum atomic E-state index is 11.7. The van der Waals surface area contributed by atoms with Crippen molar-refractivity contribution >= 4 is 5.91 Å². The van der Waals surface area contributed by atoms with Gasteiger partial charge in [0, 0.05) is 19.6 Å². The van der Waals surface area contributed by atoms with Gasteiger partial charge < -0.3 is 14.8 Å². The average Bonchev–Trinajstić information content (AvgIpc) is 2.96. The van der Waals surface area contributed by atoms with Crippen LogP contribution in [-0.2, 0) is 16.0 Å². The molecule has 1 aromatic carbocycles. The third-order valence-electron chi connectivity index (χ3n) is 3.35. The van der Waals surface area contributed by atoms with Crippen molar-refractivity contribution in [2.24, 2.45) is 0 Å². The second-order valence-corrected chi connectivity index (χ2v) is 4.79. The van der Waals surface area contributed by atoms with Gasteiger partial charge in [-0.25, -0.2) is 0 Å². The van der Waals surface area contributed by atoms with Crippen molar-refractivity contribution in [3.63, 3.8) is 0 Å². The Balaban J connectivity index is 1.67. The Bertz CT molecular complexity index is 396. The van der Waals surface area contributed by atoms with Gasteiger partial charge in [-0.1, -0.05) is 12.1 Å². The molecule has 1 amide bonds. The molecular weight excluding hydrogens is 242 g/mol. The first-order valence-corrected chi connectivity index (χ1v) is 6.79. The third-order valence-corrected chi connectivity index (χ3v) is 3.35. The van der Waals surface area contributed by atoms with Gasteiger partial charge >= 0.3 is 0 Å². The topological polar surface area (TPSA) is 47.6 Å². The molecule has 1 aromatic rings. The lowest BCUT2D eigenvalue weighted by Gasteiger charge is -2.10. The Hall–Kier alpha value is -1.55. The van der Waals surface area contributed by atoms with E-state index in [-0.39, 0.29) is 12.0 Å². The number of amides is 1. The van der Waals surface area contributed by atoms with Gasteiger partial charge in [0.15, 0.2) is 0 Å². The number of aryl methyl sites for hydroxylation is 1. The summed E-state index contributed by atoms with van der Waals surface area (Å²) in [5, 5.41) is 2.93. The summed E-state index contributed by atoms with van der Waals surface area (Å²) in [6, 6.07) is 7.82. The lowest BCUT2D eigenvalue weighted by molar-refractivity contribution is -0.121. The summed E-state index contributed by atoms with van der Waals surface area (Å²) in [5.41, 5.74) is 1.15. The molecule has 0 aliphatic carbocycles. The van der Waals surface area contributed by atoms with Crippen LogP contribution in [0.25, 0.3) is 0 Å². The quantitative estimate of drug-likeness (QED) is 0.853. The van der Waals surface area contributed by atoms with Crippen LogP contribution >= 0.6 is 0 Å². The summed E-state index contributed by atoms with van der Waals surface area (Å²) in [5.74, 6) is 0.929. The number of hydrogen-bond donors (Lipinski definition) is 1. The molecule has 1 aliphatic rings. The van der Waals surface area contributed by atoms with Gasteiger partial charge in [0.25, 0.3) is 0 Å². The molecule has 1 fully saturated rings. The smallest absolute Gasteiger partial charge is 0.220 e. The van der Waals surface area contributed by atoms with Crippen LogP contribution in [0.15, 0.2) is 24.3 Å². The van der Waals surface area contributed by atoms with Gasteiger partial charge in [0.05, 0.1) is 13.2 Å². The minimum Gasteiger partial charge on any atom is -0.497 e. The largest absolute Gasteiger partial charge is 0.497 e. The maximum Gasteiger partial charge on any atom is 0.220 e. The minimum absolute atomic E-state index is 0.0892. The molecule has 0 saturated carbocycles. The van der Waals surface area contributed by atoms with Gasteiger partial charge in [0.1, 0.15) is 5.75 Å². The Morgan fingerprint density at radius 2 is 2.21 bits per heavy atom. The molecule has 4 heteroatoms. The van der Waals surface area contributed by atoms with Crippen molar-refractivity contribution in [2.45, 2.75) is 31.8 Å². The maximum absolute atomic E-state index is 11.7. The van der Waals surface area contributed by atoms with Gasteiger partial charge in [-0.3, -0.25) is 4.79 Å². The highest BCUT2D eigenvalue weighted by Gasteiger charge is 2.15. The van der Waals surface area contributed by atoms with E-state index in [4.69, 9.17) is 9.47 Å². The van der Waals surface area contributed by atoms with Crippen molar-refractivity contribution in [1.29, 1.82) is 0 Å². The molecule has 19 heavy (non-hydrogen) atoms. The number of benzene rings is 1. The van der Waals surface area contributed by atoms with Crippen LogP contribution < -0.4 is 10.1 Å². The first-order chi connectivity index (χ1) is 9.28. The van der Waals surface area contributed by atoms with Crippen LogP contribution in [-0.4, -0.2) is 32.3 Å². The number of hydrogen-bond acceptors (Lipinski definition) is 3. The number of ether oxygens (including phenoxy) is 2. The first-order valence-electron chi connectivity index (χ1n) is 6.79. The minimum atomic E-state index is 0.0892. The van der Waals surface area contributed by atoms with E-state index in [0.29, 0.717) is 13.0 Å². The van der Waals surface area contributed by atoms with Crippen molar-refractivity contribution in [3.05, 3.63) is 29.8 Å². The van der Waals surface area contributed by atoms with Gasteiger partial charge in [-0.2, -0.15) is 0 Å². The standard InChI is InChI=1S/C15H21NO3/c1-18-13-7-4-12(5-8-13)6-9-15(17)16-11-14-3-2-10-19-14/h4-5,7-8,14H,2-3,6,9-11H2,1H3,(H,16,17)/t14-/m0/s1. The van der Waals surface area contributed by atoms with Crippen molar-refractivity contribution in [3.8, 4) is 5.75 Å². The predicted molar refractivity (Wildman–Crippen MR) is 73.3 cm³/mol. The Morgan fingerprint density at radius 1 is 1.42 bits per heavy atom. The zero-order chi connectivity index (χ0) is 13.5. The molecule has 0 unspecified atom stereocenters. The van der Waals surface area contributed by atoms with E-state index in [9.17, 15) is 4.79 Å². The van der Waals surface area contributed by atoms with Crippen molar-refractivity contribution in [1.82, 2.24) is 5.32 Å². The Morgan fingerprint density at radius 3 is 2.84 bits per heavy atom. The van der Waals surface area contributed by atoms with E-state index in [0.717, 1.165) is 37.2 Å². The second-order valence-electron chi connectivity index (χ2n) is 4.79. The molecule has 0 aromatic heterocycles. The van der Waals surface area contributed by atoms with E-state index >= 15 is 0 Å². The molecule has 1 aliphatic heterocycles. The van der Waals surface area contributed by atoms with E-state index in [1.54, 1.807) is 7.11 Å². The molecule has 104 valence electrons. The molecule has 0 radical (unpaired) electrons. The summed E-state index contributed by atoms with van der Waals surface area (Å²) < 4.78 is 10.6. The van der Waals surface area contributed by atoms with Crippen LogP contribution in [0.1, 0.15) is 24.8 Å². The number of carbonyl (C=O) groups is 1. The summed E-state index contributed by atoms with van der Waals surface area (Å²) in [7, 11) is 1.65. The SMILES string of the molecule is COc1ccc(CCC(=O)NC[C@@H]2CCCO2)cc1. The highest BCUT2D eigenvalue weighted by atomic mass is 16.5. The molecule has 2 rings (SSSR count). The van der Waals surface area contributed by atoms with Crippen LogP contribution in [0, 0.1) is 0 Å². The number of carbonyl (C=O) groups excluding carboxylic acids is 1. The van der Waals surface area contributed by atoms with Crippen LogP contribution in [0.4, 0.5) is 0 Å². The highest BCUT2D eigenvalue weighted by molar-refractivity contribution is 5.76. The molecule has 4 nitrogen and oxygen atoms in total. The van der Waals surface area contributed by atoms with Gasteiger partial charge in [0.2, 0.25) is 5.91 Å². The average molecular weight is 263 g/mol. The van der Waals surface area contributed by atoms with E-state index in [2.05, 4.69) is 5.32 Å². The number of rotatable bonds is 6. The van der Waals surface area contributed by atoms with Crippen LogP contribution in [0.3, 0.4) is 0 Å². The molecule has 0 spiro atoms. The molecule has 1 saturated heterocycles. The van der Waals surface area contributed by atoms with Gasteiger partial charge in [-0.15, -0.1) is 0 Å². The summed E-state index contributed by atoms with van der Waals surface area (Å²) in [4.78, 5) is 11.7. The van der Waals surface area contributed by atoms with E-state index in [1.165, 1.54) is 0 Å². The van der Waals surface area contributed by atoms with Gasteiger partial charge in [-0.05, 0) is 37.0 Å². The number of methoxy groups -OCH3 is 1. The van der Waals surface area contributed by atoms with Crippen LogP contribution in [0.2, 0.25) is 0 Å². The van der Waals surface area contributed by atoms with E-state index < -0.39 is 0 Å². The van der Waals surface area contributed by atoms with Crippen molar-refractivity contribution in [2.75, 3.05) is 20.3 Å². The molecule has 1 N–H and O–H groups in total. The zero-order valence-electron chi connectivity index (χ0n) is 11.4. The highest BCUT2D eigenvalue weighted by Crippen LogP contribution is 2.13. The lowest BCUT2D eigenvalue weighted by atomic mass is 10.1. The molecular formula is C15H21NO3. The first kappa shape index (κ1) is 13.9. The number of nitrogens with one attached hydrogen (secondary N) is 1. The molecule has 0 bridgehead atoms. The summed E-state index contributed by atoms with van der Waals surface area (Å²) in [6.07, 6.45) is 3.64. The zero-order valence-corrected chi connectivity index (χ0v) is 11.4. The second kappa shape index (κ2) is 7.14.